The van der Waals surface area contributed by atoms with Crippen molar-refractivity contribution in [3.05, 3.63) is 70.4 Å². The van der Waals surface area contributed by atoms with Gasteiger partial charge >= 0.3 is 0 Å². The molecule has 0 atom stereocenters. The highest BCUT2D eigenvalue weighted by molar-refractivity contribution is 7.13. The van der Waals surface area contributed by atoms with Crippen LogP contribution in [0.2, 0.25) is 0 Å². The van der Waals surface area contributed by atoms with Gasteiger partial charge in [-0.25, -0.2) is 19.3 Å². The van der Waals surface area contributed by atoms with Crippen molar-refractivity contribution in [1.29, 1.82) is 5.26 Å². The first kappa shape index (κ1) is 21.5. The van der Waals surface area contributed by atoms with Gasteiger partial charge in [-0.05, 0) is 30.2 Å². The molecule has 0 aliphatic carbocycles. The van der Waals surface area contributed by atoms with Gasteiger partial charge < -0.3 is 10.6 Å². The lowest BCUT2D eigenvalue weighted by Gasteiger charge is -2.27. The molecular formula is C22H20FN7OS. The molecule has 1 amide bonds. The number of carbonyl (C=O) groups excluding carboxylic acids is 1. The van der Waals surface area contributed by atoms with Crippen LogP contribution in [0.3, 0.4) is 0 Å². The van der Waals surface area contributed by atoms with E-state index in [2.05, 4.69) is 36.6 Å². The summed E-state index contributed by atoms with van der Waals surface area (Å²) in [4.78, 5) is 26.3. The van der Waals surface area contributed by atoms with E-state index in [4.69, 9.17) is 0 Å². The van der Waals surface area contributed by atoms with Crippen LogP contribution < -0.4 is 10.6 Å². The summed E-state index contributed by atoms with van der Waals surface area (Å²) in [5.74, 6) is -0.565. The fourth-order valence-corrected chi connectivity index (χ4v) is 4.01. The normalized spacial score (nSPS) is 13.8. The molecule has 0 spiro atoms. The van der Waals surface area contributed by atoms with Crippen LogP contribution in [0, 0.1) is 17.1 Å². The molecule has 162 valence electrons. The van der Waals surface area contributed by atoms with E-state index in [1.54, 1.807) is 36.0 Å². The van der Waals surface area contributed by atoms with Gasteiger partial charge in [0.1, 0.15) is 17.5 Å². The van der Waals surface area contributed by atoms with Crippen LogP contribution in [0.5, 0.6) is 0 Å². The maximum absolute atomic E-state index is 14.9. The van der Waals surface area contributed by atoms with Gasteiger partial charge in [-0.15, -0.1) is 11.3 Å². The Kier molecular flexibility index (Phi) is 6.49. The van der Waals surface area contributed by atoms with E-state index in [9.17, 15) is 14.4 Å². The van der Waals surface area contributed by atoms with E-state index >= 15 is 0 Å². The van der Waals surface area contributed by atoms with Gasteiger partial charge in [0.15, 0.2) is 16.8 Å². The minimum atomic E-state index is -0.391. The lowest BCUT2D eigenvalue weighted by Crippen LogP contribution is -2.28. The fraction of sp³-hybridized carbons (Fsp3) is 0.227. The Morgan fingerprint density at radius 3 is 2.88 bits per heavy atom. The summed E-state index contributed by atoms with van der Waals surface area (Å²) in [7, 11) is 1.52. The van der Waals surface area contributed by atoms with Gasteiger partial charge in [0, 0.05) is 55.6 Å². The summed E-state index contributed by atoms with van der Waals surface area (Å²) in [5.41, 5.74) is 2.70. The van der Waals surface area contributed by atoms with Crippen molar-refractivity contribution in [1.82, 2.24) is 25.2 Å². The third-order valence-corrected chi connectivity index (χ3v) is 5.81. The number of hydrogen-bond donors (Lipinski definition) is 2. The minimum absolute atomic E-state index is 0.159. The van der Waals surface area contributed by atoms with Crippen LogP contribution in [0.4, 0.5) is 15.3 Å². The van der Waals surface area contributed by atoms with Crippen LogP contribution in [0.1, 0.15) is 33.7 Å². The van der Waals surface area contributed by atoms with E-state index in [0.717, 1.165) is 11.1 Å². The zero-order valence-electron chi connectivity index (χ0n) is 17.3. The van der Waals surface area contributed by atoms with Gasteiger partial charge in [0.2, 0.25) is 0 Å². The monoisotopic (exact) mass is 449 g/mol. The highest BCUT2D eigenvalue weighted by atomic mass is 32.1. The van der Waals surface area contributed by atoms with Crippen LogP contribution >= 0.6 is 11.3 Å². The smallest absolute Gasteiger partial charge is 0.269 e. The first-order chi connectivity index (χ1) is 15.6. The summed E-state index contributed by atoms with van der Waals surface area (Å²) in [6.07, 6.45) is 5.94. The molecule has 0 bridgehead atoms. The molecule has 0 saturated heterocycles. The molecule has 0 saturated carbocycles. The van der Waals surface area contributed by atoms with Crippen LogP contribution in [-0.2, 0) is 6.54 Å². The summed E-state index contributed by atoms with van der Waals surface area (Å²) in [6.45, 7) is 1.74. The zero-order valence-corrected chi connectivity index (χ0v) is 18.1. The first-order valence-corrected chi connectivity index (χ1v) is 10.8. The van der Waals surface area contributed by atoms with Crippen molar-refractivity contribution in [3.63, 3.8) is 0 Å². The van der Waals surface area contributed by atoms with Gasteiger partial charge in [0.05, 0.1) is 0 Å². The maximum atomic E-state index is 14.9. The summed E-state index contributed by atoms with van der Waals surface area (Å²) in [6, 6.07) is 7.14. The highest BCUT2D eigenvalue weighted by Crippen LogP contribution is 2.27. The number of aromatic nitrogens is 3. The molecular weight excluding hydrogens is 429 g/mol. The third kappa shape index (κ3) is 4.64. The van der Waals surface area contributed by atoms with E-state index in [1.807, 2.05) is 6.08 Å². The van der Waals surface area contributed by atoms with Gasteiger partial charge in [-0.2, -0.15) is 5.26 Å². The summed E-state index contributed by atoms with van der Waals surface area (Å²) < 4.78 is 14.9. The number of hydrogen-bond acceptors (Lipinski definition) is 8. The SMILES string of the molecule is CNC(=O)c1ccc(C2=CCN(Cc3ccnc(Nc4nccs4)c3F)CC2)c(C#N)n1. The molecule has 0 unspecified atom stereocenters. The first-order valence-electron chi connectivity index (χ1n) is 9.94. The number of rotatable bonds is 6. The average Bonchev–Trinajstić information content (AvgIpc) is 3.34. The second-order valence-corrected chi connectivity index (χ2v) is 7.99. The average molecular weight is 450 g/mol. The molecule has 0 fully saturated rings. The number of anilines is 2. The molecule has 2 N–H and O–H groups in total. The zero-order chi connectivity index (χ0) is 22.5. The summed E-state index contributed by atoms with van der Waals surface area (Å²) in [5, 5.41) is 17.3. The highest BCUT2D eigenvalue weighted by Gasteiger charge is 2.19. The summed E-state index contributed by atoms with van der Waals surface area (Å²) >= 11 is 1.38. The third-order valence-electron chi connectivity index (χ3n) is 5.12. The molecule has 0 radical (unpaired) electrons. The van der Waals surface area contributed by atoms with E-state index in [-0.39, 0.29) is 23.1 Å². The van der Waals surface area contributed by atoms with Crippen LogP contribution in [-0.4, -0.2) is 45.9 Å². The molecule has 4 rings (SSSR count). The number of nitrogens with one attached hydrogen (secondary N) is 2. The van der Waals surface area contributed by atoms with Crippen molar-refractivity contribution >= 4 is 33.8 Å². The lowest BCUT2D eigenvalue weighted by molar-refractivity contribution is 0.0958. The fourth-order valence-electron chi connectivity index (χ4n) is 3.48. The van der Waals surface area contributed by atoms with Gasteiger partial charge in [-0.1, -0.05) is 6.08 Å². The molecule has 1 aliphatic heterocycles. The number of thiazole rings is 1. The van der Waals surface area contributed by atoms with E-state index < -0.39 is 5.82 Å². The Morgan fingerprint density at radius 2 is 2.19 bits per heavy atom. The molecule has 3 aromatic rings. The number of pyridine rings is 2. The Bertz CT molecular complexity index is 1200. The molecule has 1 aliphatic rings. The Balaban J connectivity index is 1.47. The molecule has 10 heteroatoms. The van der Waals surface area contributed by atoms with Gasteiger partial charge in [0.25, 0.3) is 5.91 Å². The Morgan fingerprint density at radius 1 is 1.31 bits per heavy atom. The largest absolute Gasteiger partial charge is 0.354 e. The number of halogens is 1. The number of carbonyl (C=O) groups is 1. The van der Waals surface area contributed by atoms with E-state index in [1.165, 1.54) is 18.4 Å². The minimum Gasteiger partial charge on any atom is -0.354 e. The van der Waals surface area contributed by atoms with E-state index in [0.29, 0.717) is 36.8 Å². The second kappa shape index (κ2) is 9.64. The Hall–Kier alpha value is -3.68. The number of nitriles is 1. The van der Waals surface area contributed by atoms with Crippen molar-refractivity contribution in [2.45, 2.75) is 13.0 Å². The van der Waals surface area contributed by atoms with Crippen LogP contribution in [0.25, 0.3) is 5.57 Å². The topological polar surface area (TPSA) is 107 Å². The van der Waals surface area contributed by atoms with Crippen molar-refractivity contribution in [3.8, 4) is 6.07 Å². The predicted molar refractivity (Wildman–Crippen MR) is 120 cm³/mol. The molecule has 8 nitrogen and oxygen atoms in total. The molecule has 0 aromatic carbocycles. The maximum Gasteiger partial charge on any atom is 0.269 e. The molecule has 32 heavy (non-hydrogen) atoms. The van der Waals surface area contributed by atoms with Crippen molar-refractivity contribution in [2.24, 2.45) is 0 Å². The number of amides is 1. The van der Waals surface area contributed by atoms with Gasteiger partial charge in [-0.3, -0.25) is 9.69 Å². The number of nitrogens with zero attached hydrogens (tertiary/aromatic N) is 5. The standard InChI is InChI=1S/C22H20FN7OS/c1-25-21(31)17-3-2-16(18(12-24)28-17)14-5-9-30(10-6-14)13-15-4-7-26-20(19(15)23)29-22-27-8-11-32-22/h2-5,7-8,11H,6,9-10,13H2,1H3,(H,25,31)(H,26,27,29). The molecule has 4 heterocycles. The second-order valence-electron chi connectivity index (χ2n) is 7.09. The quantitative estimate of drug-likeness (QED) is 0.594. The lowest BCUT2D eigenvalue weighted by atomic mass is 9.97. The Labute approximate surface area is 188 Å². The van der Waals surface area contributed by atoms with Crippen molar-refractivity contribution < 1.29 is 9.18 Å². The van der Waals surface area contributed by atoms with Crippen molar-refractivity contribution in [2.75, 3.05) is 25.5 Å². The molecule has 3 aromatic heterocycles. The predicted octanol–water partition coefficient (Wildman–Crippen LogP) is 3.34. The van der Waals surface area contributed by atoms with Crippen LogP contribution in [0.15, 0.2) is 42.0 Å².